The zero-order valence-corrected chi connectivity index (χ0v) is 38.8. The van der Waals surface area contributed by atoms with Crippen molar-refractivity contribution in [2.24, 2.45) is 17.8 Å². The summed E-state index contributed by atoms with van der Waals surface area (Å²) in [5, 5.41) is 12.8. The normalized spacial score (nSPS) is 45.0. The number of esters is 2. The summed E-state index contributed by atoms with van der Waals surface area (Å²) in [6, 6.07) is -0.626. The Morgan fingerprint density at radius 1 is 1.00 bits per heavy atom. The largest absolute Gasteiger partial charge is 0.509 e. The maximum absolute atomic E-state index is 14.7. The molecule has 1 N–H and O–H groups in total. The van der Waals surface area contributed by atoms with Gasteiger partial charge in [0, 0.05) is 39.0 Å². The van der Waals surface area contributed by atoms with Crippen LogP contribution in [-0.2, 0) is 57.0 Å². The van der Waals surface area contributed by atoms with E-state index in [1.165, 1.54) is 6.92 Å². The van der Waals surface area contributed by atoms with Gasteiger partial charge in [0.1, 0.15) is 12.2 Å². The molecule has 0 radical (unpaired) electrons. The van der Waals surface area contributed by atoms with Crippen LogP contribution < -0.4 is 0 Å². The zero-order chi connectivity index (χ0) is 45.1. The summed E-state index contributed by atoms with van der Waals surface area (Å²) in [4.78, 5) is 44.1. The quantitative estimate of drug-likeness (QED) is 0.170. The molecule has 4 fully saturated rings. The summed E-state index contributed by atoms with van der Waals surface area (Å²) in [5.41, 5.74) is -3.75. The number of hydrogen-bond acceptors (Lipinski definition) is 16. The molecule has 16 nitrogen and oxygen atoms in total. The summed E-state index contributed by atoms with van der Waals surface area (Å²) in [5.74, 6) is -3.01. The van der Waals surface area contributed by atoms with Gasteiger partial charge in [0.15, 0.2) is 30.4 Å². The molecule has 346 valence electrons. The Bertz CT molecular complexity index is 1470. The number of likely N-dealkylation sites (N-methyl/N-ethyl adjacent to an activating group) is 2. The molecule has 4 aliphatic heterocycles. The van der Waals surface area contributed by atoms with E-state index in [0.29, 0.717) is 19.4 Å². The molecule has 0 aromatic heterocycles. The summed E-state index contributed by atoms with van der Waals surface area (Å²) < 4.78 is 63.0. The molecule has 0 amide bonds. The number of rotatable bonds is 11. The van der Waals surface area contributed by atoms with Crippen LogP contribution in [0.1, 0.15) is 102 Å². The first-order valence-corrected chi connectivity index (χ1v) is 21.7. The van der Waals surface area contributed by atoms with Gasteiger partial charge in [-0.3, -0.25) is 14.5 Å². The van der Waals surface area contributed by atoms with Crippen LogP contribution in [0.2, 0.25) is 0 Å². The van der Waals surface area contributed by atoms with Crippen LogP contribution in [0.5, 0.6) is 0 Å². The fraction of sp³-hybridized carbons (Fsp3) is 0.886. The highest BCUT2D eigenvalue weighted by Gasteiger charge is 2.58. The molecule has 0 aromatic rings. The number of methoxy groups -OCH3 is 1. The number of fused-ring (bicyclic) bond motifs is 1. The van der Waals surface area contributed by atoms with E-state index < -0.39 is 102 Å². The predicted molar refractivity (Wildman–Crippen MR) is 221 cm³/mol. The molecule has 0 spiro atoms. The van der Waals surface area contributed by atoms with E-state index in [0.717, 1.165) is 0 Å². The van der Waals surface area contributed by atoms with Crippen molar-refractivity contribution < 1.29 is 66.9 Å². The molecule has 0 aliphatic carbocycles. The smallest absolute Gasteiger partial charge is 0.458 e. The lowest BCUT2D eigenvalue weighted by molar-refractivity contribution is -0.321. The van der Waals surface area contributed by atoms with Crippen LogP contribution in [-0.4, -0.2) is 165 Å². The van der Waals surface area contributed by atoms with E-state index in [2.05, 4.69) is 11.5 Å². The van der Waals surface area contributed by atoms with Crippen LogP contribution in [0.25, 0.3) is 0 Å². The summed E-state index contributed by atoms with van der Waals surface area (Å²) >= 11 is 0. The molecule has 0 aromatic carbocycles. The van der Waals surface area contributed by atoms with Gasteiger partial charge in [-0.1, -0.05) is 26.8 Å². The Kier molecular flexibility index (Phi) is 17.1. The van der Waals surface area contributed by atoms with E-state index in [-0.39, 0.29) is 43.6 Å². The minimum Gasteiger partial charge on any atom is -0.458 e. The second-order valence-corrected chi connectivity index (χ2v) is 18.8. The Morgan fingerprint density at radius 3 is 2.25 bits per heavy atom. The molecule has 0 bridgehead atoms. The van der Waals surface area contributed by atoms with Gasteiger partial charge in [-0.15, -0.1) is 6.58 Å². The fourth-order valence-electron chi connectivity index (χ4n) is 10.1. The highest BCUT2D eigenvalue weighted by atomic mass is 16.8. The number of ether oxygens (including phenoxy) is 10. The van der Waals surface area contributed by atoms with Crippen molar-refractivity contribution in [1.82, 2.24) is 9.80 Å². The Balaban J connectivity index is 1.87. The van der Waals surface area contributed by atoms with Gasteiger partial charge in [0.25, 0.3) is 0 Å². The molecule has 60 heavy (non-hydrogen) atoms. The number of nitrogens with zero attached hydrogens (tertiary/aromatic N) is 2. The highest BCUT2D eigenvalue weighted by molar-refractivity contribution is 5.73. The second-order valence-electron chi connectivity index (χ2n) is 18.8. The number of aliphatic hydroxyl groups is 1. The monoisotopic (exact) mass is 857 g/mol. The van der Waals surface area contributed by atoms with Gasteiger partial charge >= 0.3 is 18.1 Å². The fourth-order valence-corrected chi connectivity index (χ4v) is 10.1. The second kappa shape index (κ2) is 20.4. The van der Waals surface area contributed by atoms with Crippen molar-refractivity contribution in [2.45, 2.75) is 192 Å². The van der Waals surface area contributed by atoms with Gasteiger partial charge < -0.3 is 57.4 Å². The standard InChI is InChI=1S/C44H76N2O14/c1-17-19-52-38-29(8)54-33(22-43(38,11)51-16)57-34-26(5)36(58-40-35(55-30(9)47)31(45(13)14)20-25(4)53-40)42(10,50)21-24(3)23-46(15)28(7)37-44(12,60-41(49)59-37)32(18-2)56-39(48)27(34)6/h17,24-29,31-38,40,50H,1,18-23H2,2-16H3/t24-,25-,26+,27-,28-,29+,31+,32-,33+,34+,35-,36-,37-,38+,40+,42-,43-,44-/m1/s1. The molecule has 0 saturated carbocycles. The van der Waals surface area contributed by atoms with Crippen molar-refractivity contribution in [2.75, 3.05) is 41.4 Å². The predicted octanol–water partition coefficient (Wildman–Crippen LogP) is 4.86. The van der Waals surface area contributed by atoms with Gasteiger partial charge in [0.2, 0.25) is 0 Å². The van der Waals surface area contributed by atoms with Gasteiger partial charge in [0.05, 0.1) is 54.2 Å². The number of hydrogen-bond donors (Lipinski definition) is 1. The lowest BCUT2D eigenvalue weighted by atomic mass is 9.77. The lowest BCUT2D eigenvalue weighted by Gasteiger charge is -2.49. The van der Waals surface area contributed by atoms with Crippen LogP contribution in [0.4, 0.5) is 4.79 Å². The summed E-state index contributed by atoms with van der Waals surface area (Å²) in [7, 11) is 7.35. The maximum atomic E-state index is 14.7. The zero-order valence-electron chi connectivity index (χ0n) is 38.8. The minimum atomic E-state index is -1.58. The summed E-state index contributed by atoms with van der Waals surface area (Å²) in [6.45, 7) is 24.5. The molecular formula is C44H76N2O14. The Hall–Kier alpha value is -2.41. The van der Waals surface area contributed by atoms with Gasteiger partial charge in [-0.05, 0) is 94.8 Å². The van der Waals surface area contributed by atoms with Crippen molar-refractivity contribution >= 4 is 18.1 Å². The molecule has 16 heteroatoms. The summed E-state index contributed by atoms with van der Waals surface area (Å²) in [6.07, 6.45) is -5.62. The van der Waals surface area contributed by atoms with Crippen molar-refractivity contribution in [3.8, 4) is 0 Å². The highest BCUT2D eigenvalue weighted by Crippen LogP contribution is 2.42. The van der Waals surface area contributed by atoms with Crippen LogP contribution >= 0.6 is 0 Å². The average molecular weight is 857 g/mol. The van der Waals surface area contributed by atoms with E-state index in [9.17, 15) is 19.5 Å². The van der Waals surface area contributed by atoms with E-state index in [4.69, 9.17) is 47.4 Å². The number of carbonyl (C=O) groups is 3. The van der Waals surface area contributed by atoms with Gasteiger partial charge in [-0.25, -0.2) is 4.79 Å². The maximum Gasteiger partial charge on any atom is 0.509 e. The first-order chi connectivity index (χ1) is 27.9. The van der Waals surface area contributed by atoms with Crippen molar-refractivity contribution in [3.63, 3.8) is 0 Å². The third-order valence-electron chi connectivity index (χ3n) is 13.3. The Morgan fingerprint density at radius 2 is 1.67 bits per heavy atom. The van der Waals surface area contributed by atoms with Crippen LogP contribution in [0, 0.1) is 17.8 Å². The first kappa shape index (κ1) is 50.2. The molecular weight excluding hydrogens is 780 g/mol. The van der Waals surface area contributed by atoms with E-state index >= 15 is 0 Å². The first-order valence-electron chi connectivity index (χ1n) is 21.7. The topological polar surface area (TPSA) is 170 Å². The van der Waals surface area contributed by atoms with E-state index in [1.807, 2.05) is 74.5 Å². The third kappa shape index (κ3) is 11.2. The molecule has 4 saturated heterocycles. The molecule has 4 heterocycles. The lowest BCUT2D eigenvalue weighted by Crippen LogP contribution is -2.61. The van der Waals surface area contributed by atoms with Crippen molar-refractivity contribution in [3.05, 3.63) is 12.7 Å². The molecule has 4 aliphatic rings. The van der Waals surface area contributed by atoms with Crippen LogP contribution in [0.15, 0.2) is 12.7 Å². The number of cyclic esters (lactones) is 1. The van der Waals surface area contributed by atoms with Crippen LogP contribution in [0.3, 0.4) is 0 Å². The van der Waals surface area contributed by atoms with Gasteiger partial charge in [-0.2, -0.15) is 0 Å². The van der Waals surface area contributed by atoms with E-state index in [1.54, 1.807) is 34.0 Å². The van der Waals surface area contributed by atoms with Crippen molar-refractivity contribution in [1.29, 1.82) is 0 Å². The Labute approximate surface area is 358 Å². The number of carbonyl (C=O) groups excluding carboxylic acids is 3. The average Bonchev–Trinajstić information content (AvgIpc) is 3.47. The minimum absolute atomic E-state index is 0.140. The molecule has 0 unspecified atom stereocenters. The molecule has 18 atom stereocenters. The molecule has 4 rings (SSSR count). The third-order valence-corrected chi connectivity index (χ3v) is 13.3. The SMILES string of the molecule is C=CCO[C@H]1[C@H](C)O[C@@H](O[C@H]2[C@H](C)[C@@H](O[C@@H]3O[C@H](C)C[C@H](N(C)C)[C@H]3OC(C)=O)[C@](C)(O)C[C@@H](C)CN(C)[C@H](C)[C@H]3OC(=O)O[C@]3(C)[C@@H](CC)OC(=O)[C@@H]2C)C[C@@]1(C)OC.